The van der Waals surface area contributed by atoms with Gasteiger partial charge in [-0.3, -0.25) is 4.79 Å². The molecule has 0 saturated carbocycles. The van der Waals surface area contributed by atoms with Gasteiger partial charge in [-0.2, -0.15) is 13.2 Å². The summed E-state index contributed by atoms with van der Waals surface area (Å²) in [4.78, 5) is 12.2. The van der Waals surface area contributed by atoms with Crippen molar-refractivity contribution in [2.45, 2.75) is 20.0 Å². The van der Waals surface area contributed by atoms with E-state index in [9.17, 15) is 22.4 Å². The Bertz CT molecular complexity index is 1010. The second-order valence-corrected chi connectivity index (χ2v) is 6.84. The van der Waals surface area contributed by atoms with Crippen LogP contribution in [0.5, 0.6) is 0 Å². The summed E-state index contributed by atoms with van der Waals surface area (Å²) >= 11 is 5.36. The molecule has 3 rings (SSSR count). The Labute approximate surface area is 189 Å². The van der Waals surface area contributed by atoms with Crippen LogP contribution in [0, 0.1) is 12.7 Å². The maximum absolute atomic E-state index is 13.0. The number of benzene rings is 3. The molecule has 3 nitrogen and oxygen atoms in total. The number of ketones is 1. The topological polar surface area (TPSA) is 49.3 Å². The number of hydrogen-bond acceptors (Lipinski definition) is 3. The molecule has 0 amide bonds. The normalized spacial score (nSPS) is 10.3. The van der Waals surface area contributed by atoms with Gasteiger partial charge in [0.05, 0.1) is 10.6 Å². The van der Waals surface area contributed by atoms with E-state index < -0.39 is 11.7 Å². The van der Waals surface area contributed by atoms with Crippen molar-refractivity contribution in [2.75, 3.05) is 19.0 Å². The Morgan fingerprint density at radius 1 is 1.03 bits per heavy atom. The highest BCUT2D eigenvalue weighted by molar-refractivity contribution is 6.31. The van der Waals surface area contributed by atoms with E-state index in [0.29, 0.717) is 22.4 Å². The average Bonchev–Trinajstić information content (AvgIpc) is 2.76. The zero-order valence-corrected chi connectivity index (χ0v) is 18.6. The number of aliphatic hydroxyl groups is 1. The number of carbonyl (C=O) groups excluding carboxylic acids is 1. The van der Waals surface area contributed by atoms with Gasteiger partial charge in [0.15, 0.2) is 5.78 Å². The monoisotopic (exact) mass is 469 g/mol. The van der Waals surface area contributed by atoms with Gasteiger partial charge < -0.3 is 10.4 Å². The number of aryl methyl sites for hydroxylation is 1. The van der Waals surface area contributed by atoms with Gasteiger partial charge in [0.1, 0.15) is 5.82 Å². The number of carbonyl (C=O) groups is 1. The van der Waals surface area contributed by atoms with Crippen LogP contribution in [0.2, 0.25) is 5.02 Å². The Morgan fingerprint density at radius 2 is 1.62 bits per heavy atom. The van der Waals surface area contributed by atoms with E-state index in [4.69, 9.17) is 16.7 Å². The molecule has 0 aliphatic heterocycles. The van der Waals surface area contributed by atoms with Crippen LogP contribution in [0.1, 0.15) is 34.0 Å². The third kappa shape index (κ3) is 8.32. The number of nitrogens with one attached hydrogen (secondary N) is 1. The first-order chi connectivity index (χ1) is 15.0. The molecule has 0 aliphatic carbocycles. The minimum absolute atomic E-state index is 0.116. The van der Waals surface area contributed by atoms with Crippen molar-refractivity contribution < 1.29 is 27.5 Å². The van der Waals surface area contributed by atoms with Gasteiger partial charge >= 0.3 is 6.18 Å². The van der Waals surface area contributed by atoms with E-state index >= 15 is 0 Å². The molecule has 8 heteroatoms. The van der Waals surface area contributed by atoms with Gasteiger partial charge in [-0.1, -0.05) is 53.6 Å². The number of aliphatic hydroxyl groups excluding tert-OH is 1. The van der Waals surface area contributed by atoms with E-state index in [1.807, 2.05) is 6.07 Å². The molecule has 32 heavy (non-hydrogen) atoms. The minimum Gasteiger partial charge on any atom is -0.397 e. The number of alkyl halides is 3. The molecular formula is C24H24ClF4NO2. The molecule has 0 heterocycles. The van der Waals surface area contributed by atoms with Gasteiger partial charge in [-0.15, -0.1) is 0 Å². The molecule has 0 aromatic heterocycles. The van der Waals surface area contributed by atoms with Crippen molar-refractivity contribution in [1.82, 2.24) is 0 Å². The molecule has 0 radical (unpaired) electrons. The van der Waals surface area contributed by atoms with Crippen molar-refractivity contribution >= 4 is 23.1 Å². The first-order valence-corrected chi connectivity index (χ1v) is 9.94. The summed E-state index contributed by atoms with van der Waals surface area (Å²) in [6.07, 6.45) is -4.36. The van der Waals surface area contributed by atoms with Crippen LogP contribution in [0.25, 0.3) is 0 Å². The van der Waals surface area contributed by atoms with Gasteiger partial charge in [0.2, 0.25) is 0 Å². The van der Waals surface area contributed by atoms with Gasteiger partial charge in [0.25, 0.3) is 0 Å². The lowest BCUT2D eigenvalue weighted by atomic mass is 10.0. The fourth-order valence-electron chi connectivity index (χ4n) is 2.52. The molecule has 0 spiro atoms. The quantitative estimate of drug-likeness (QED) is 0.329. The predicted molar refractivity (Wildman–Crippen MR) is 120 cm³/mol. The van der Waals surface area contributed by atoms with Crippen LogP contribution in [-0.2, 0) is 6.18 Å². The molecule has 0 bridgehead atoms. The van der Waals surface area contributed by atoms with Crippen molar-refractivity contribution in [2.24, 2.45) is 0 Å². The molecule has 0 fully saturated rings. The van der Waals surface area contributed by atoms with Crippen molar-refractivity contribution in [1.29, 1.82) is 0 Å². The fourth-order valence-corrected chi connectivity index (χ4v) is 2.75. The summed E-state index contributed by atoms with van der Waals surface area (Å²) in [5, 5.41) is 10.1. The number of rotatable bonds is 3. The van der Waals surface area contributed by atoms with E-state index in [1.54, 1.807) is 45.2 Å². The largest absolute Gasteiger partial charge is 0.417 e. The van der Waals surface area contributed by atoms with Gasteiger partial charge in [-0.05, 0) is 44.2 Å². The van der Waals surface area contributed by atoms with E-state index in [-0.39, 0.29) is 23.2 Å². The molecular weight excluding hydrogens is 446 g/mol. The van der Waals surface area contributed by atoms with Crippen LogP contribution >= 0.6 is 11.6 Å². The van der Waals surface area contributed by atoms with Gasteiger partial charge in [-0.25, -0.2) is 4.39 Å². The average molecular weight is 470 g/mol. The Morgan fingerprint density at radius 3 is 2.12 bits per heavy atom. The smallest absolute Gasteiger partial charge is 0.397 e. The molecule has 0 saturated heterocycles. The molecule has 172 valence electrons. The summed E-state index contributed by atoms with van der Waals surface area (Å²) in [5.41, 5.74) is 1.34. The van der Waals surface area contributed by atoms with Crippen molar-refractivity contribution in [3.05, 3.63) is 99.8 Å². The van der Waals surface area contributed by atoms with E-state index in [1.165, 1.54) is 30.3 Å². The second kappa shape index (κ2) is 12.8. The fraction of sp³-hybridized carbons (Fsp3) is 0.208. The Kier molecular flexibility index (Phi) is 10.9. The molecule has 3 aromatic carbocycles. The van der Waals surface area contributed by atoms with Crippen LogP contribution < -0.4 is 5.32 Å². The second-order valence-electron chi connectivity index (χ2n) is 6.43. The minimum atomic E-state index is -4.36. The number of hydrogen-bond donors (Lipinski definition) is 2. The van der Waals surface area contributed by atoms with Crippen LogP contribution in [0.3, 0.4) is 0 Å². The first kappa shape index (κ1) is 27.1. The highest BCUT2D eigenvalue weighted by Crippen LogP contribution is 2.34. The van der Waals surface area contributed by atoms with Crippen molar-refractivity contribution in [3.63, 3.8) is 0 Å². The molecule has 0 aliphatic rings. The third-order valence-corrected chi connectivity index (χ3v) is 4.29. The summed E-state index contributed by atoms with van der Waals surface area (Å²) in [6.45, 7) is 3.52. The number of anilines is 1. The third-order valence-electron chi connectivity index (χ3n) is 3.96. The maximum Gasteiger partial charge on any atom is 0.417 e. The molecule has 0 atom stereocenters. The van der Waals surface area contributed by atoms with Gasteiger partial charge in [0, 0.05) is 30.5 Å². The molecule has 0 unspecified atom stereocenters. The van der Waals surface area contributed by atoms with E-state index in [2.05, 4.69) is 5.32 Å². The zero-order valence-electron chi connectivity index (χ0n) is 17.8. The standard InChI is InChI=1S/C14H12FNO.C8H6ClF3.C2H6O/c1-16-13-9-11(15)7-8-12(13)14(17)10-5-3-2-4-6-10;1-5-2-3-7(9)6(4-5)8(10,11)12;1-2-3/h2-9,16H,1H3;2-4H,1H3;3H,2H2,1H3. The lowest BCUT2D eigenvalue weighted by molar-refractivity contribution is -0.137. The molecule has 3 aromatic rings. The van der Waals surface area contributed by atoms with Crippen LogP contribution in [0.4, 0.5) is 23.2 Å². The van der Waals surface area contributed by atoms with Crippen molar-refractivity contribution in [3.8, 4) is 0 Å². The van der Waals surface area contributed by atoms with E-state index in [0.717, 1.165) is 6.07 Å². The summed E-state index contributed by atoms with van der Waals surface area (Å²) in [7, 11) is 1.66. The zero-order chi connectivity index (χ0) is 24.3. The lowest BCUT2D eigenvalue weighted by Crippen LogP contribution is -2.05. The predicted octanol–water partition coefficient (Wildman–Crippen LogP) is 6.76. The van der Waals surface area contributed by atoms with Crippen LogP contribution in [-0.4, -0.2) is 24.5 Å². The molecule has 2 N–H and O–H groups in total. The summed E-state index contributed by atoms with van der Waals surface area (Å²) in [6, 6.07) is 16.9. The Hall–Kier alpha value is -2.90. The highest BCUT2D eigenvalue weighted by Gasteiger charge is 2.32. The first-order valence-electron chi connectivity index (χ1n) is 9.56. The highest BCUT2D eigenvalue weighted by atomic mass is 35.5. The summed E-state index contributed by atoms with van der Waals surface area (Å²) < 4.78 is 49.5. The Balaban J connectivity index is 0.000000299. The SMILES string of the molecule is CCO.CNc1cc(F)ccc1C(=O)c1ccccc1.Cc1ccc(Cl)c(C(F)(F)F)c1. The number of halogens is 5. The van der Waals surface area contributed by atoms with Crippen LogP contribution in [0.15, 0.2) is 66.7 Å². The lowest BCUT2D eigenvalue weighted by Gasteiger charge is -2.08. The summed E-state index contributed by atoms with van der Waals surface area (Å²) in [5.74, 6) is -0.478. The maximum atomic E-state index is 13.0.